The van der Waals surface area contributed by atoms with Crippen LogP contribution in [0.25, 0.3) is 54.9 Å². The average Bonchev–Trinajstić information content (AvgIpc) is 3.30. The first-order valence-corrected chi connectivity index (χ1v) is 19.8. The molecular formula is C56H40N2. The highest BCUT2D eigenvalue weighted by Crippen LogP contribution is 2.45. The van der Waals surface area contributed by atoms with Crippen LogP contribution in [0.15, 0.2) is 243 Å². The van der Waals surface area contributed by atoms with Gasteiger partial charge in [-0.3, -0.25) is 0 Å². The Kier molecular flexibility index (Phi) is 9.27. The Morgan fingerprint density at radius 2 is 0.621 bits per heavy atom. The maximum Gasteiger partial charge on any atom is 0.0546 e. The molecule has 0 bridgehead atoms. The predicted molar refractivity (Wildman–Crippen MR) is 247 cm³/mol. The van der Waals surface area contributed by atoms with Crippen molar-refractivity contribution < 1.29 is 0 Å². The summed E-state index contributed by atoms with van der Waals surface area (Å²) >= 11 is 0. The molecule has 58 heavy (non-hydrogen) atoms. The van der Waals surface area contributed by atoms with E-state index in [2.05, 4.69) is 252 Å². The number of rotatable bonds is 9. The Morgan fingerprint density at radius 1 is 0.224 bits per heavy atom. The summed E-state index contributed by atoms with van der Waals surface area (Å²) in [7, 11) is 0. The van der Waals surface area contributed by atoms with Crippen molar-refractivity contribution in [2.45, 2.75) is 0 Å². The summed E-state index contributed by atoms with van der Waals surface area (Å²) in [6, 6.07) is 87.2. The predicted octanol–water partition coefficient (Wildman–Crippen LogP) is 15.9. The minimum atomic E-state index is 1.10. The molecule has 10 aromatic carbocycles. The summed E-state index contributed by atoms with van der Waals surface area (Å²) in [4.78, 5) is 4.70. The molecule has 0 saturated heterocycles. The summed E-state index contributed by atoms with van der Waals surface area (Å²) in [5, 5.41) is 4.89. The smallest absolute Gasteiger partial charge is 0.0546 e. The first kappa shape index (κ1) is 34.8. The van der Waals surface area contributed by atoms with Gasteiger partial charge >= 0.3 is 0 Å². The summed E-state index contributed by atoms with van der Waals surface area (Å²) in [6.07, 6.45) is 0. The van der Waals surface area contributed by atoms with Crippen LogP contribution < -0.4 is 9.80 Å². The van der Waals surface area contributed by atoms with Gasteiger partial charge in [0.05, 0.1) is 5.69 Å². The quantitative estimate of drug-likeness (QED) is 0.145. The van der Waals surface area contributed by atoms with Crippen LogP contribution in [-0.2, 0) is 0 Å². The Balaban J connectivity index is 0.988. The Morgan fingerprint density at radius 3 is 1.19 bits per heavy atom. The van der Waals surface area contributed by atoms with Crippen molar-refractivity contribution >= 4 is 55.7 Å². The first-order valence-electron chi connectivity index (χ1n) is 19.8. The molecule has 0 spiro atoms. The molecule has 0 saturated carbocycles. The van der Waals surface area contributed by atoms with Crippen LogP contribution in [0.3, 0.4) is 0 Å². The van der Waals surface area contributed by atoms with Crippen LogP contribution in [0, 0.1) is 0 Å². The van der Waals surface area contributed by atoms with Crippen molar-refractivity contribution in [3.63, 3.8) is 0 Å². The van der Waals surface area contributed by atoms with Gasteiger partial charge in [0.1, 0.15) is 0 Å². The maximum atomic E-state index is 2.41. The molecule has 0 amide bonds. The largest absolute Gasteiger partial charge is 0.311 e. The van der Waals surface area contributed by atoms with Crippen molar-refractivity contribution in [1.82, 2.24) is 0 Å². The summed E-state index contributed by atoms with van der Waals surface area (Å²) in [5.74, 6) is 0. The molecule has 0 N–H and O–H groups in total. The van der Waals surface area contributed by atoms with Gasteiger partial charge in [0.25, 0.3) is 0 Å². The molecule has 0 aromatic heterocycles. The zero-order chi connectivity index (χ0) is 38.7. The van der Waals surface area contributed by atoms with E-state index < -0.39 is 0 Å². The number of anilines is 6. The standard InChI is InChI=1S/C56H40N2/c1-4-16-47(17-5-1)56-54-23-13-12-15-46(54)33-39-55(56)58(53-38-32-41-14-10-11-18-48(41)40-53)52-36-30-45(31-37-52)43-26-24-42(25-27-43)44-28-34-51(35-29-44)57(49-19-6-2-7-20-49)50-21-8-3-9-22-50/h1-40H. The lowest BCUT2D eigenvalue weighted by Gasteiger charge is -2.29. The van der Waals surface area contributed by atoms with Gasteiger partial charge in [0.2, 0.25) is 0 Å². The molecule has 10 aromatic rings. The molecule has 2 nitrogen and oxygen atoms in total. The fraction of sp³-hybridized carbons (Fsp3) is 0. The molecule has 10 rings (SSSR count). The van der Waals surface area contributed by atoms with E-state index in [4.69, 9.17) is 0 Å². The zero-order valence-electron chi connectivity index (χ0n) is 32.0. The van der Waals surface area contributed by atoms with E-state index in [0.717, 1.165) is 34.1 Å². The minimum Gasteiger partial charge on any atom is -0.311 e. The lowest BCUT2D eigenvalue weighted by molar-refractivity contribution is 1.28. The molecular weight excluding hydrogens is 701 g/mol. The number of nitrogens with zero attached hydrogens (tertiary/aromatic N) is 2. The second-order valence-corrected chi connectivity index (χ2v) is 14.6. The van der Waals surface area contributed by atoms with Gasteiger partial charge in [-0.15, -0.1) is 0 Å². The van der Waals surface area contributed by atoms with Crippen molar-refractivity contribution in [3.8, 4) is 33.4 Å². The number of hydrogen-bond acceptors (Lipinski definition) is 2. The van der Waals surface area contributed by atoms with E-state index in [1.807, 2.05) is 0 Å². The normalized spacial score (nSPS) is 11.1. The minimum absolute atomic E-state index is 1.10. The second kappa shape index (κ2) is 15.5. The molecule has 0 unspecified atom stereocenters. The number of para-hydroxylation sites is 2. The van der Waals surface area contributed by atoms with Gasteiger partial charge in [0, 0.05) is 34.0 Å². The van der Waals surface area contributed by atoms with Gasteiger partial charge in [-0.25, -0.2) is 0 Å². The number of fused-ring (bicyclic) bond motifs is 2. The fourth-order valence-corrected chi connectivity index (χ4v) is 8.16. The molecule has 0 aliphatic heterocycles. The first-order chi connectivity index (χ1) is 28.8. The zero-order valence-corrected chi connectivity index (χ0v) is 32.0. The van der Waals surface area contributed by atoms with E-state index in [-0.39, 0.29) is 0 Å². The van der Waals surface area contributed by atoms with Crippen LogP contribution in [0.4, 0.5) is 34.1 Å². The van der Waals surface area contributed by atoms with Crippen LogP contribution in [0.5, 0.6) is 0 Å². The lowest BCUT2D eigenvalue weighted by Crippen LogP contribution is -2.11. The van der Waals surface area contributed by atoms with Gasteiger partial charge in [0.15, 0.2) is 0 Å². The molecule has 0 aliphatic rings. The Hall–Kier alpha value is -7.68. The highest BCUT2D eigenvalue weighted by Gasteiger charge is 2.20. The SMILES string of the molecule is c1ccc(-c2c(N(c3ccc(-c4ccc(-c5ccc(N(c6ccccc6)c6ccccc6)cc5)cc4)cc3)c3ccc4ccccc4c3)ccc3ccccc23)cc1. The topological polar surface area (TPSA) is 6.48 Å². The monoisotopic (exact) mass is 740 g/mol. The van der Waals surface area contributed by atoms with Crippen LogP contribution in [-0.4, -0.2) is 0 Å². The number of benzene rings is 10. The van der Waals surface area contributed by atoms with Crippen molar-refractivity contribution in [3.05, 3.63) is 243 Å². The Bertz CT molecular complexity index is 2920. The van der Waals surface area contributed by atoms with E-state index in [1.165, 1.54) is 54.9 Å². The van der Waals surface area contributed by atoms with Crippen molar-refractivity contribution in [2.75, 3.05) is 9.80 Å². The third kappa shape index (κ3) is 6.78. The van der Waals surface area contributed by atoms with E-state index in [1.54, 1.807) is 0 Å². The van der Waals surface area contributed by atoms with Gasteiger partial charge in [-0.05, 0) is 116 Å². The fourth-order valence-electron chi connectivity index (χ4n) is 8.16. The molecule has 274 valence electrons. The van der Waals surface area contributed by atoms with Crippen LogP contribution in [0.2, 0.25) is 0 Å². The van der Waals surface area contributed by atoms with Gasteiger partial charge < -0.3 is 9.80 Å². The summed E-state index contributed by atoms with van der Waals surface area (Å²) in [5.41, 5.74) is 13.9. The van der Waals surface area contributed by atoms with Crippen molar-refractivity contribution in [2.24, 2.45) is 0 Å². The van der Waals surface area contributed by atoms with E-state index in [9.17, 15) is 0 Å². The third-order valence-electron chi connectivity index (χ3n) is 11.0. The van der Waals surface area contributed by atoms with E-state index >= 15 is 0 Å². The highest BCUT2D eigenvalue weighted by atomic mass is 15.1. The summed E-state index contributed by atoms with van der Waals surface area (Å²) in [6.45, 7) is 0. The molecule has 0 atom stereocenters. The van der Waals surface area contributed by atoms with E-state index in [0.29, 0.717) is 0 Å². The average molecular weight is 741 g/mol. The maximum absolute atomic E-state index is 2.41. The Labute approximate surface area is 340 Å². The van der Waals surface area contributed by atoms with Gasteiger partial charge in [-0.1, -0.05) is 176 Å². The lowest BCUT2D eigenvalue weighted by atomic mass is 9.94. The van der Waals surface area contributed by atoms with Crippen molar-refractivity contribution in [1.29, 1.82) is 0 Å². The molecule has 0 aliphatic carbocycles. The highest BCUT2D eigenvalue weighted by molar-refractivity contribution is 6.06. The van der Waals surface area contributed by atoms with Crippen LogP contribution in [0.1, 0.15) is 0 Å². The third-order valence-corrected chi connectivity index (χ3v) is 11.0. The molecule has 2 heteroatoms. The molecule has 0 heterocycles. The van der Waals surface area contributed by atoms with Gasteiger partial charge in [-0.2, -0.15) is 0 Å². The molecule has 0 fully saturated rings. The second-order valence-electron chi connectivity index (χ2n) is 14.6. The number of hydrogen-bond donors (Lipinski definition) is 0. The molecule has 0 radical (unpaired) electrons. The van der Waals surface area contributed by atoms with Crippen LogP contribution >= 0.6 is 0 Å². The summed E-state index contributed by atoms with van der Waals surface area (Å²) < 4.78 is 0.